The lowest BCUT2D eigenvalue weighted by Crippen LogP contribution is -2.14. The first-order chi connectivity index (χ1) is 9.81. The number of nitro benzene ring substituents is 1. The van der Waals surface area contributed by atoms with Crippen LogP contribution in [-0.4, -0.2) is 13.3 Å². The van der Waals surface area contributed by atoms with E-state index in [1.54, 1.807) is 25.1 Å². The Bertz CT molecular complexity index is 806. The summed E-state index contributed by atoms with van der Waals surface area (Å²) in [4.78, 5) is 9.69. The summed E-state index contributed by atoms with van der Waals surface area (Å²) in [5.41, 5.74) is -0.262. The predicted molar refractivity (Wildman–Crippen MR) is 75.0 cm³/mol. The summed E-state index contributed by atoms with van der Waals surface area (Å²) in [5, 5.41) is 10.5. The summed E-state index contributed by atoms with van der Waals surface area (Å²) < 4.78 is 40.0. The monoisotopic (exact) mass is 310 g/mol. The second-order valence-corrected chi connectivity index (χ2v) is 5.95. The maximum atomic E-state index is 13.5. The second kappa shape index (κ2) is 5.49. The van der Waals surface area contributed by atoms with E-state index in [4.69, 9.17) is 0 Å². The molecule has 110 valence electrons. The normalized spacial score (nSPS) is 11.1. The van der Waals surface area contributed by atoms with Crippen molar-refractivity contribution >= 4 is 21.4 Å². The molecular formula is C13H11FN2O4S. The predicted octanol–water partition coefficient (Wildman–Crippen LogP) is 2.84. The van der Waals surface area contributed by atoms with E-state index >= 15 is 0 Å². The Labute approximate surface area is 120 Å². The second-order valence-electron chi connectivity index (χ2n) is 4.29. The van der Waals surface area contributed by atoms with Gasteiger partial charge >= 0.3 is 5.69 Å². The van der Waals surface area contributed by atoms with Crippen LogP contribution in [0.4, 0.5) is 15.8 Å². The van der Waals surface area contributed by atoms with Gasteiger partial charge in [0.2, 0.25) is 5.82 Å². The zero-order valence-electron chi connectivity index (χ0n) is 10.9. The fraction of sp³-hybridized carbons (Fsp3) is 0.0769. The average Bonchev–Trinajstić information content (AvgIpc) is 2.38. The number of benzene rings is 2. The standard InChI is InChI=1S/C13H11FN2O4S/c1-9-4-2-3-5-13(9)21(19,20)15-10-6-7-12(16(17)18)11(14)8-10/h2-8,15H,1H3. The number of nitro groups is 1. The van der Waals surface area contributed by atoms with E-state index in [1.807, 2.05) is 0 Å². The number of rotatable bonds is 4. The summed E-state index contributed by atoms with van der Waals surface area (Å²) in [6, 6.07) is 9.12. The lowest BCUT2D eigenvalue weighted by Gasteiger charge is -2.10. The third-order valence-corrected chi connectivity index (χ3v) is 4.32. The largest absolute Gasteiger partial charge is 0.304 e. The fourth-order valence-corrected chi connectivity index (χ4v) is 3.08. The van der Waals surface area contributed by atoms with Gasteiger partial charge in [-0.05, 0) is 24.6 Å². The van der Waals surface area contributed by atoms with Crippen molar-refractivity contribution in [1.29, 1.82) is 0 Å². The molecular weight excluding hydrogens is 299 g/mol. The molecule has 6 nitrogen and oxygen atoms in total. The average molecular weight is 310 g/mol. The Hall–Kier alpha value is -2.48. The van der Waals surface area contributed by atoms with Gasteiger partial charge in [0.25, 0.3) is 10.0 Å². The molecule has 0 atom stereocenters. The summed E-state index contributed by atoms with van der Waals surface area (Å²) >= 11 is 0. The Morgan fingerprint density at radius 2 is 1.86 bits per heavy atom. The van der Waals surface area contributed by atoms with Crippen molar-refractivity contribution < 1.29 is 17.7 Å². The molecule has 21 heavy (non-hydrogen) atoms. The van der Waals surface area contributed by atoms with Gasteiger partial charge in [0.05, 0.1) is 15.5 Å². The smallest absolute Gasteiger partial charge is 0.280 e. The molecule has 2 aromatic carbocycles. The molecule has 0 heterocycles. The van der Waals surface area contributed by atoms with Crippen LogP contribution < -0.4 is 4.72 Å². The summed E-state index contributed by atoms with van der Waals surface area (Å²) in [6.07, 6.45) is 0. The van der Waals surface area contributed by atoms with Crippen molar-refractivity contribution in [1.82, 2.24) is 0 Å². The van der Waals surface area contributed by atoms with Crippen LogP contribution in [0.1, 0.15) is 5.56 Å². The number of sulfonamides is 1. The molecule has 2 rings (SSSR count). The van der Waals surface area contributed by atoms with Gasteiger partial charge in [-0.1, -0.05) is 18.2 Å². The number of nitrogens with one attached hydrogen (secondary N) is 1. The topological polar surface area (TPSA) is 89.3 Å². The highest BCUT2D eigenvalue weighted by Gasteiger charge is 2.19. The van der Waals surface area contributed by atoms with Crippen LogP contribution in [0.15, 0.2) is 47.4 Å². The van der Waals surface area contributed by atoms with Gasteiger partial charge in [0.1, 0.15) is 0 Å². The molecule has 0 fully saturated rings. The number of nitrogens with zero attached hydrogens (tertiary/aromatic N) is 1. The van der Waals surface area contributed by atoms with Crippen LogP contribution in [0.2, 0.25) is 0 Å². The summed E-state index contributed by atoms with van der Waals surface area (Å²) in [7, 11) is -3.88. The quantitative estimate of drug-likeness (QED) is 0.694. The van der Waals surface area contributed by atoms with Crippen molar-refractivity contribution in [2.45, 2.75) is 11.8 Å². The van der Waals surface area contributed by atoms with Crippen molar-refractivity contribution in [3.8, 4) is 0 Å². The third-order valence-electron chi connectivity index (χ3n) is 2.78. The zero-order valence-corrected chi connectivity index (χ0v) is 11.7. The number of anilines is 1. The van der Waals surface area contributed by atoms with E-state index in [9.17, 15) is 22.9 Å². The lowest BCUT2D eigenvalue weighted by atomic mass is 10.2. The van der Waals surface area contributed by atoms with Gasteiger partial charge in [-0.25, -0.2) is 8.42 Å². The van der Waals surface area contributed by atoms with Crippen LogP contribution in [0, 0.1) is 22.9 Å². The molecule has 0 radical (unpaired) electrons. The van der Waals surface area contributed by atoms with Crippen molar-refractivity contribution in [2.75, 3.05) is 4.72 Å². The van der Waals surface area contributed by atoms with Crippen molar-refractivity contribution in [3.63, 3.8) is 0 Å². The summed E-state index contributed by atoms with van der Waals surface area (Å²) in [5.74, 6) is -1.11. The van der Waals surface area contributed by atoms with Crippen LogP contribution in [-0.2, 0) is 10.0 Å². The minimum Gasteiger partial charge on any atom is -0.280 e. The van der Waals surface area contributed by atoms with Crippen LogP contribution >= 0.6 is 0 Å². The highest BCUT2D eigenvalue weighted by molar-refractivity contribution is 7.92. The van der Waals surface area contributed by atoms with Gasteiger partial charge < -0.3 is 0 Å². The molecule has 0 spiro atoms. The molecule has 0 aliphatic rings. The Kier molecular flexibility index (Phi) is 3.90. The highest BCUT2D eigenvalue weighted by Crippen LogP contribution is 2.24. The maximum Gasteiger partial charge on any atom is 0.304 e. The first-order valence-corrected chi connectivity index (χ1v) is 7.32. The Balaban J connectivity index is 2.36. The molecule has 0 aliphatic carbocycles. The van der Waals surface area contributed by atoms with Gasteiger partial charge in [-0.15, -0.1) is 0 Å². The molecule has 0 aromatic heterocycles. The Morgan fingerprint density at radius 3 is 2.43 bits per heavy atom. The highest BCUT2D eigenvalue weighted by atomic mass is 32.2. The lowest BCUT2D eigenvalue weighted by molar-refractivity contribution is -0.387. The molecule has 0 bridgehead atoms. The first-order valence-electron chi connectivity index (χ1n) is 5.83. The molecule has 0 unspecified atom stereocenters. The van der Waals surface area contributed by atoms with Crippen LogP contribution in [0.5, 0.6) is 0 Å². The molecule has 0 saturated heterocycles. The molecule has 0 aliphatic heterocycles. The molecule has 1 N–H and O–H groups in total. The van der Waals surface area contributed by atoms with E-state index in [2.05, 4.69) is 4.72 Å². The van der Waals surface area contributed by atoms with Gasteiger partial charge in [-0.2, -0.15) is 4.39 Å². The van der Waals surface area contributed by atoms with Crippen molar-refractivity contribution in [3.05, 3.63) is 64.0 Å². The number of aryl methyl sites for hydroxylation is 1. The first kappa shape index (κ1) is 14.9. The van der Waals surface area contributed by atoms with Gasteiger partial charge in [0, 0.05) is 12.1 Å². The Morgan fingerprint density at radius 1 is 1.19 bits per heavy atom. The van der Waals surface area contributed by atoms with Crippen molar-refractivity contribution in [2.24, 2.45) is 0 Å². The van der Waals surface area contributed by atoms with Crippen LogP contribution in [0.3, 0.4) is 0 Å². The van der Waals surface area contributed by atoms with Gasteiger partial charge in [0.15, 0.2) is 0 Å². The molecule has 2 aromatic rings. The number of hydrogen-bond donors (Lipinski definition) is 1. The number of halogens is 1. The van der Waals surface area contributed by atoms with E-state index in [0.717, 1.165) is 18.2 Å². The van der Waals surface area contributed by atoms with E-state index in [0.29, 0.717) is 5.56 Å². The van der Waals surface area contributed by atoms with E-state index in [-0.39, 0.29) is 10.6 Å². The van der Waals surface area contributed by atoms with Gasteiger partial charge in [-0.3, -0.25) is 14.8 Å². The SMILES string of the molecule is Cc1ccccc1S(=O)(=O)Nc1ccc([N+](=O)[O-])c(F)c1. The third kappa shape index (κ3) is 3.16. The minimum absolute atomic E-state index is 0.0590. The molecule has 0 saturated carbocycles. The fourth-order valence-electron chi connectivity index (χ4n) is 1.79. The van der Waals surface area contributed by atoms with E-state index < -0.39 is 26.5 Å². The zero-order chi connectivity index (χ0) is 15.6. The van der Waals surface area contributed by atoms with E-state index in [1.165, 1.54) is 6.07 Å². The summed E-state index contributed by atoms with van der Waals surface area (Å²) in [6.45, 7) is 1.63. The molecule has 8 heteroatoms. The molecule has 0 amide bonds. The maximum absolute atomic E-state index is 13.5. The van der Waals surface area contributed by atoms with Crippen LogP contribution in [0.25, 0.3) is 0 Å². The minimum atomic E-state index is -3.88. The number of hydrogen-bond acceptors (Lipinski definition) is 4.